The van der Waals surface area contributed by atoms with Gasteiger partial charge in [-0.3, -0.25) is 4.98 Å². The van der Waals surface area contributed by atoms with Gasteiger partial charge in [0.05, 0.1) is 0 Å². The summed E-state index contributed by atoms with van der Waals surface area (Å²) in [6, 6.07) is 3.67. The minimum absolute atomic E-state index is 0.0806. The number of rotatable bonds is 6. The quantitative estimate of drug-likeness (QED) is 0.850. The number of halogens is 3. The van der Waals surface area contributed by atoms with Crippen LogP contribution in [0.2, 0.25) is 0 Å². The van der Waals surface area contributed by atoms with Crippen LogP contribution < -0.4 is 5.32 Å². The molecular weight excluding hydrogens is 241 g/mol. The highest BCUT2D eigenvalue weighted by molar-refractivity contribution is 5.14. The van der Waals surface area contributed by atoms with Gasteiger partial charge in [0.2, 0.25) is 0 Å². The summed E-state index contributed by atoms with van der Waals surface area (Å²) in [5.74, 6) is 0. The number of likely N-dealkylation sites (N-methyl/N-ethyl adjacent to an activating group) is 1. The number of nitrogens with one attached hydrogen (secondary N) is 1. The molecule has 0 spiro atoms. The fourth-order valence-corrected chi connectivity index (χ4v) is 1.72. The van der Waals surface area contributed by atoms with Crippen LogP contribution in [0.5, 0.6) is 0 Å². The van der Waals surface area contributed by atoms with Gasteiger partial charge in [0.15, 0.2) is 0 Å². The molecule has 0 aliphatic rings. The van der Waals surface area contributed by atoms with Gasteiger partial charge >= 0.3 is 6.18 Å². The average molecular weight is 260 g/mol. The van der Waals surface area contributed by atoms with Crippen LogP contribution in [0, 0.1) is 0 Å². The normalized spacial score (nSPS) is 13.6. The standard InChI is InChI=1S/C13H19F3N2/c1-3-10-4-5-12(18-9-10)8-11(17-2)6-7-13(14,15)16/h4-5,9,11,17H,3,6-8H2,1-2H3. The summed E-state index contributed by atoms with van der Waals surface area (Å²) < 4.78 is 36.4. The van der Waals surface area contributed by atoms with Crippen LogP contribution in [0.3, 0.4) is 0 Å². The van der Waals surface area contributed by atoms with Gasteiger partial charge in [-0.2, -0.15) is 13.2 Å². The summed E-state index contributed by atoms with van der Waals surface area (Å²) in [5, 5.41) is 2.91. The number of hydrogen-bond donors (Lipinski definition) is 1. The van der Waals surface area contributed by atoms with E-state index in [9.17, 15) is 13.2 Å². The molecular formula is C13H19F3N2. The number of hydrogen-bond acceptors (Lipinski definition) is 2. The molecule has 0 aliphatic carbocycles. The molecule has 1 unspecified atom stereocenters. The Morgan fingerprint density at radius 1 is 1.33 bits per heavy atom. The molecule has 1 aromatic rings. The zero-order valence-corrected chi connectivity index (χ0v) is 10.7. The molecule has 5 heteroatoms. The van der Waals surface area contributed by atoms with E-state index in [1.807, 2.05) is 19.1 Å². The molecule has 0 aliphatic heterocycles. The van der Waals surface area contributed by atoms with Crippen molar-refractivity contribution >= 4 is 0 Å². The minimum Gasteiger partial charge on any atom is -0.317 e. The largest absolute Gasteiger partial charge is 0.389 e. The van der Waals surface area contributed by atoms with Crippen LogP contribution >= 0.6 is 0 Å². The molecule has 1 rings (SSSR count). The first-order chi connectivity index (χ1) is 8.44. The van der Waals surface area contributed by atoms with Crippen molar-refractivity contribution in [2.24, 2.45) is 0 Å². The van der Waals surface area contributed by atoms with Crippen LogP contribution in [-0.2, 0) is 12.8 Å². The number of aryl methyl sites for hydroxylation is 1. The summed E-state index contributed by atoms with van der Waals surface area (Å²) in [4.78, 5) is 4.26. The third-order valence-electron chi connectivity index (χ3n) is 2.93. The Hall–Kier alpha value is -1.10. The number of pyridine rings is 1. The molecule has 102 valence electrons. The highest BCUT2D eigenvalue weighted by Crippen LogP contribution is 2.22. The summed E-state index contributed by atoms with van der Waals surface area (Å²) >= 11 is 0. The SMILES string of the molecule is CCc1ccc(CC(CCC(F)(F)F)NC)nc1. The first-order valence-corrected chi connectivity index (χ1v) is 6.12. The van der Waals surface area contributed by atoms with Crippen molar-refractivity contribution < 1.29 is 13.2 Å². The number of aromatic nitrogens is 1. The van der Waals surface area contributed by atoms with Crippen molar-refractivity contribution in [1.29, 1.82) is 0 Å². The molecule has 1 aromatic heterocycles. The molecule has 0 aromatic carbocycles. The van der Waals surface area contributed by atoms with E-state index in [4.69, 9.17) is 0 Å². The highest BCUT2D eigenvalue weighted by Gasteiger charge is 2.28. The fourth-order valence-electron chi connectivity index (χ4n) is 1.72. The summed E-state index contributed by atoms with van der Waals surface area (Å²) in [5.41, 5.74) is 1.96. The van der Waals surface area contributed by atoms with E-state index in [0.717, 1.165) is 17.7 Å². The molecule has 2 nitrogen and oxygen atoms in total. The average Bonchev–Trinajstić information content (AvgIpc) is 2.34. The summed E-state index contributed by atoms with van der Waals surface area (Å²) in [7, 11) is 1.68. The highest BCUT2D eigenvalue weighted by atomic mass is 19.4. The van der Waals surface area contributed by atoms with Gasteiger partial charge in [-0.05, 0) is 31.5 Å². The maximum Gasteiger partial charge on any atom is 0.389 e. The van der Waals surface area contributed by atoms with Crippen LogP contribution in [0.15, 0.2) is 18.3 Å². The van der Waals surface area contributed by atoms with Gasteiger partial charge in [0, 0.05) is 30.8 Å². The molecule has 1 N–H and O–H groups in total. The Labute approximate surface area is 106 Å². The molecule has 0 bridgehead atoms. The molecule has 0 fully saturated rings. The second-order valence-electron chi connectivity index (χ2n) is 4.35. The van der Waals surface area contributed by atoms with E-state index in [2.05, 4.69) is 10.3 Å². The number of alkyl halides is 3. The predicted molar refractivity (Wildman–Crippen MR) is 65.5 cm³/mol. The van der Waals surface area contributed by atoms with Crippen LogP contribution in [0.25, 0.3) is 0 Å². The Morgan fingerprint density at radius 2 is 2.06 bits per heavy atom. The van der Waals surface area contributed by atoms with Gasteiger partial charge in [0.1, 0.15) is 0 Å². The van der Waals surface area contributed by atoms with Crippen molar-refractivity contribution in [3.63, 3.8) is 0 Å². The first kappa shape index (κ1) is 15.0. The van der Waals surface area contributed by atoms with Gasteiger partial charge in [-0.25, -0.2) is 0 Å². The summed E-state index contributed by atoms with van der Waals surface area (Å²) in [6.07, 6.45) is -1.55. The lowest BCUT2D eigenvalue weighted by atomic mass is 10.0. The van der Waals surface area contributed by atoms with Gasteiger partial charge < -0.3 is 5.32 Å². The Morgan fingerprint density at radius 3 is 2.50 bits per heavy atom. The Bertz CT molecular complexity index is 346. The molecule has 1 atom stereocenters. The lowest BCUT2D eigenvalue weighted by Crippen LogP contribution is -2.29. The number of nitrogens with zero attached hydrogens (tertiary/aromatic N) is 1. The molecule has 18 heavy (non-hydrogen) atoms. The van der Waals surface area contributed by atoms with Crippen LogP contribution in [0.4, 0.5) is 13.2 Å². The van der Waals surface area contributed by atoms with Gasteiger partial charge in [-0.15, -0.1) is 0 Å². The Kier molecular flexibility index (Phi) is 5.59. The molecule has 0 radical (unpaired) electrons. The maximum absolute atomic E-state index is 12.1. The Balaban J connectivity index is 2.51. The van der Waals surface area contributed by atoms with E-state index in [1.54, 1.807) is 13.2 Å². The van der Waals surface area contributed by atoms with Crippen molar-refractivity contribution in [3.8, 4) is 0 Å². The third kappa shape index (κ3) is 5.49. The maximum atomic E-state index is 12.1. The molecule has 0 saturated carbocycles. The predicted octanol–water partition coefficient (Wildman–Crippen LogP) is 3.12. The van der Waals surface area contributed by atoms with Crippen molar-refractivity contribution in [1.82, 2.24) is 10.3 Å². The monoisotopic (exact) mass is 260 g/mol. The molecule has 0 amide bonds. The second-order valence-corrected chi connectivity index (χ2v) is 4.35. The fraction of sp³-hybridized carbons (Fsp3) is 0.615. The van der Waals surface area contributed by atoms with E-state index in [-0.39, 0.29) is 12.5 Å². The van der Waals surface area contributed by atoms with E-state index >= 15 is 0 Å². The second kappa shape index (κ2) is 6.73. The third-order valence-corrected chi connectivity index (χ3v) is 2.93. The minimum atomic E-state index is -4.09. The lowest BCUT2D eigenvalue weighted by Gasteiger charge is -2.16. The van der Waals surface area contributed by atoms with E-state index < -0.39 is 12.6 Å². The van der Waals surface area contributed by atoms with Crippen molar-refractivity contribution in [2.75, 3.05) is 7.05 Å². The van der Waals surface area contributed by atoms with Gasteiger partial charge in [-0.1, -0.05) is 13.0 Å². The zero-order valence-electron chi connectivity index (χ0n) is 10.7. The molecule has 0 saturated heterocycles. The summed E-state index contributed by atoms with van der Waals surface area (Å²) in [6.45, 7) is 2.04. The van der Waals surface area contributed by atoms with E-state index in [1.165, 1.54) is 0 Å². The topological polar surface area (TPSA) is 24.9 Å². The van der Waals surface area contributed by atoms with E-state index in [0.29, 0.717) is 6.42 Å². The zero-order chi connectivity index (χ0) is 13.6. The molecule has 1 heterocycles. The van der Waals surface area contributed by atoms with Crippen molar-refractivity contribution in [3.05, 3.63) is 29.6 Å². The first-order valence-electron chi connectivity index (χ1n) is 6.12. The lowest BCUT2D eigenvalue weighted by molar-refractivity contribution is -0.136. The van der Waals surface area contributed by atoms with Crippen LogP contribution in [0.1, 0.15) is 31.0 Å². The van der Waals surface area contributed by atoms with Crippen molar-refractivity contribution in [2.45, 2.75) is 44.8 Å². The van der Waals surface area contributed by atoms with Crippen LogP contribution in [-0.4, -0.2) is 24.2 Å². The smallest absolute Gasteiger partial charge is 0.317 e. The van der Waals surface area contributed by atoms with Gasteiger partial charge in [0.25, 0.3) is 0 Å².